The quantitative estimate of drug-likeness (QED) is 0.887. The Morgan fingerprint density at radius 3 is 2.57 bits per heavy atom. The first kappa shape index (κ1) is 16.6. The van der Waals surface area contributed by atoms with E-state index in [-0.39, 0.29) is 0 Å². The van der Waals surface area contributed by atoms with E-state index in [1.165, 1.54) is 18.4 Å². The molecule has 1 fully saturated rings. The van der Waals surface area contributed by atoms with E-state index >= 15 is 0 Å². The van der Waals surface area contributed by atoms with Crippen molar-refractivity contribution in [3.8, 4) is 0 Å². The molecule has 3 atom stereocenters. The third kappa shape index (κ3) is 3.70. The summed E-state index contributed by atoms with van der Waals surface area (Å²) < 4.78 is 5.75. The average molecular weight is 292 g/mol. The Hall–Kier alpha value is -0.800. The summed E-state index contributed by atoms with van der Waals surface area (Å²) in [6, 6.07) is 3.87. The Morgan fingerprint density at radius 2 is 2.05 bits per heavy atom. The van der Waals surface area contributed by atoms with Crippen LogP contribution >= 0.6 is 0 Å². The Bertz CT molecular complexity index is 452. The summed E-state index contributed by atoms with van der Waals surface area (Å²) in [5.74, 6) is 2.76. The predicted molar refractivity (Wildman–Crippen MR) is 88.6 cm³/mol. The molecule has 0 saturated carbocycles. The second kappa shape index (κ2) is 6.97. The number of furan rings is 1. The lowest BCUT2D eigenvalue weighted by Crippen LogP contribution is -2.58. The summed E-state index contributed by atoms with van der Waals surface area (Å²) in [5, 5.41) is 3.74. The standard InChI is InChI=1S/C18H32N2O/c1-7-8-16-11-20(18(10-19-16)12(2)3)14(5)17-9-13(4)21-15(17)6/h9,12,14,16,18-19H,7-8,10-11H2,1-6H3. The minimum absolute atomic E-state index is 0.427. The Kier molecular flexibility index (Phi) is 5.50. The molecule has 120 valence electrons. The third-order valence-electron chi connectivity index (χ3n) is 4.91. The van der Waals surface area contributed by atoms with Crippen LogP contribution in [-0.2, 0) is 0 Å². The average Bonchev–Trinajstić information content (AvgIpc) is 2.77. The molecule has 1 aromatic heterocycles. The van der Waals surface area contributed by atoms with Crippen LogP contribution in [0.3, 0.4) is 0 Å². The number of nitrogens with zero attached hydrogens (tertiary/aromatic N) is 1. The van der Waals surface area contributed by atoms with Crippen molar-refractivity contribution in [3.05, 3.63) is 23.2 Å². The van der Waals surface area contributed by atoms with Crippen molar-refractivity contribution < 1.29 is 4.42 Å². The molecule has 21 heavy (non-hydrogen) atoms. The molecule has 1 saturated heterocycles. The lowest BCUT2D eigenvalue weighted by atomic mass is 9.93. The monoisotopic (exact) mass is 292 g/mol. The summed E-state index contributed by atoms with van der Waals surface area (Å²) in [4.78, 5) is 2.69. The second-order valence-electron chi connectivity index (χ2n) is 6.95. The van der Waals surface area contributed by atoms with E-state index in [4.69, 9.17) is 4.42 Å². The van der Waals surface area contributed by atoms with Gasteiger partial charge in [-0.1, -0.05) is 27.2 Å². The van der Waals surface area contributed by atoms with Gasteiger partial charge in [-0.2, -0.15) is 0 Å². The van der Waals surface area contributed by atoms with Crippen LogP contribution in [0, 0.1) is 19.8 Å². The number of piperazine rings is 1. The summed E-state index contributed by atoms with van der Waals surface area (Å²) in [6.07, 6.45) is 2.51. The lowest BCUT2D eigenvalue weighted by molar-refractivity contribution is 0.0592. The summed E-state index contributed by atoms with van der Waals surface area (Å²) in [5.41, 5.74) is 1.36. The van der Waals surface area contributed by atoms with Crippen molar-refractivity contribution >= 4 is 0 Å². The smallest absolute Gasteiger partial charge is 0.105 e. The van der Waals surface area contributed by atoms with Gasteiger partial charge in [0.25, 0.3) is 0 Å². The highest BCUT2D eigenvalue weighted by atomic mass is 16.3. The van der Waals surface area contributed by atoms with Gasteiger partial charge in [-0.15, -0.1) is 0 Å². The predicted octanol–water partition coefficient (Wildman–Crippen LogP) is 4.06. The first-order valence-corrected chi connectivity index (χ1v) is 8.50. The van der Waals surface area contributed by atoms with Gasteiger partial charge in [-0.05, 0) is 39.2 Å². The molecule has 1 aromatic rings. The summed E-state index contributed by atoms with van der Waals surface area (Å²) in [7, 11) is 0. The van der Waals surface area contributed by atoms with Gasteiger partial charge in [0.2, 0.25) is 0 Å². The van der Waals surface area contributed by atoms with Crippen LogP contribution in [0.5, 0.6) is 0 Å². The largest absolute Gasteiger partial charge is 0.466 e. The van der Waals surface area contributed by atoms with Crippen LogP contribution in [0.4, 0.5) is 0 Å². The van der Waals surface area contributed by atoms with Gasteiger partial charge in [0, 0.05) is 36.8 Å². The molecule has 0 amide bonds. The zero-order valence-electron chi connectivity index (χ0n) is 14.6. The maximum atomic E-state index is 5.75. The molecule has 0 aliphatic carbocycles. The van der Waals surface area contributed by atoms with E-state index in [9.17, 15) is 0 Å². The molecule has 0 radical (unpaired) electrons. The maximum absolute atomic E-state index is 5.75. The first-order valence-electron chi connectivity index (χ1n) is 8.50. The fourth-order valence-electron chi connectivity index (χ4n) is 3.71. The van der Waals surface area contributed by atoms with Gasteiger partial charge >= 0.3 is 0 Å². The molecule has 0 aromatic carbocycles. The van der Waals surface area contributed by atoms with Crippen LogP contribution in [0.15, 0.2) is 10.5 Å². The van der Waals surface area contributed by atoms with E-state index in [1.807, 2.05) is 6.92 Å². The Balaban J connectivity index is 2.20. The molecule has 2 heterocycles. The zero-order valence-corrected chi connectivity index (χ0v) is 14.6. The molecule has 1 N–H and O–H groups in total. The van der Waals surface area contributed by atoms with Crippen LogP contribution < -0.4 is 5.32 Å². The normalized spacial score (nSPS) is 25.5. The molecule has 1 aliphatic heterocycles. The highest BCUT2D eigenvalue weighted by Gasteiger charge is 2.33. The van der Waals surface area contributed by atoms with Gasteiger partial charge in [0.15, 0.2) is 0 Å². The number of nitrogens with one attached hydrogen (secondary N) is 1. The van der Waals surface area contributed by atoms with Gasteiger partial charge in [-0.3, -0.25) is 4.90 Å². The molecule has 2 rings (SSSR count). The Labute approximate surface area is 130 Å². The Morgan fingerprint density at radius 1 is 1.33 bits per heavy atom. The van der Waals surface area contributed by atoms with E-state index in [0.29, 0.717) is 24.0 Å². The van der Waals surface area contributed by atoms with Crippen molar-refractivity contribution in [3.63, 3.8) is 0 Å². The van der Waals surface area contributed by atoms with Crippen molar-refractivity contribution in [1.29, 1.82) is 0 Å². The molecular formula is C18H32N2O. The van der Waals surface area contributed by atoms with Crippen LogP contribution in [0.25, 0.3) is 0 Å². The highest BCUT2D eigenvalue weighted by Crippen LogP contribution is 2.31. The minimum atomic E-state index is 0.427. The SMILES string of the molecule is CCCC1CN(C(C)c2cc(C)oc2C)C(C(C)C)CN1. The highest BCUT2D eigenvalue weighted by molar-refractivity contribution is 5.24. The van der Waals surface area contributed by atoms with Gasteiger partial charge in [-0.25, -0.2) is 0 Å². The number of aryl methyl sites for hydroxylation is 2. The maximum Gasteiger partial charge on any atom is 0.105 e. The van der Waals surface area contributed by atoms with Crippen LogP contribution in [0.2, 0.25) is 0 Å². The van der Waals surface area contributed by atoms with Crippen molar-refractivity contribution in [2.24, 2.45) is 5.92 Å². The fourth-order valence-corrected chi connectivity index (χ4v) is 3.71. The van der Waals surface area contributed by atoms with E-state index in [1.54, 1.807) is 0 Å². The number of rotatable bonds is 5. The van der Waals surface area contributed by atoms with Crippen molar-refractivity contribution in [1.82, 2.24) is 10.2 Å². The van der Waals surface area contributed by atoms with Crippen molar-refractivity contribution in [2.45, 2.75) is 72.5 Å². The van der Waals surface area contributed by atoms with Crippen LogP contribution in [-0.4, -0.2) is 30.1 Å². The second-order valence-corrected chi connectivity index (χ2v) is 6.95. The summed E-state index contributed by atoms with van der Waals surface area (Å²) in [6.45, 7) is 15.6. The molecule has 3 unspecified atom stereocenters. The molecule has 0 bridgehead atoms. The van der Waals surface area contributed by atoms with E-state index < -0.39 is 0 Å². The topological polar surface area (TPSA) is 28.4 Å². The molecule has 1 aliphatic rings. The molecule has 0 spiro atoms. The van der Waals surface area contributed by atoms with Crippen molar-refractivity contribution in [2.75, 3.05) is 13.1 Å². The van der Waals surface area contributed by atoms with Gasteiger partial charge in [0.1, 0.15) is 11.5 Å². The van der Waals surface area contributed by atoms with Gasteiger partial charge in [0.05, 0.1) is 0 Å². The lowest BCUT2D eigenvalue weighted by Gasteiger charge is -2.45. The van der Waals surface area contributed by atoms with E-state index in [2.05, 4.69) is 50.9 Å². The zero-order chi connectivity index (χ0) is 15.6. The summed E-state index contributed by atoms with van der Waals surface area (Å²) >= 11 is 0. The third-order valence-corrected chi connectivity index (χ3v) is 4.91. The number of hydrogen-bond donors (Lipinski definition) is 1. The molecular weight excluding hydrogens is 260 g/mol. The van der Waals surface area contributed by atoms with E-state index in [0.717, 1.165) is 24.6 Å². The molecule has 3 heteroatoms. The molecule has 3 nitrogen and oxygen atoms in total. The number of hydrogen-bond acceptors (Lipinski definition) is 3. The van der Waals surface area contributed by atoms with Gasteiger partial charge < -0.3 is 9.73 Å². The van der Waals surface area contributed by atoms with Crippen LogP contribution in [0.1, 0.15) is 63.7 Å². The fraction of sp³-hybridized carbons (Fsp3) is 0.778. The minimum Gasteiger partial charge on any atom is -0.466 e. The first-order chi connectivity index (χ1) is 9.93.